The van der Waals surface area contributed by atoms with Gasteiger partial charge in [0.15, 0.2) is 0 Å². The Morgan fingerprint density at radius 2 is 1.45 bits per heavy atom. The van der Waals surface area contributed by atoms with Crippen LogP contribution in [0.25, 0.3) is 0 Å². The third kappa shape index (κ3) is 3.18. The molecule has 3 fully saturated rings. The van der Waals surface area contributed by atoms with Gasteiger partial charge in [-0.2, -0.15) is 0 Å². The summed E-state index contributed by atoms with van der Waals surface area (Å²) in [5.41, 5.74) is 0. The predicted octanol–water partition coefficient (Wildman–Crippen LogP) is 2.00. The van der Waals surface area contributed by atoms with Gasteiger partial charge in [-0.25, -0.2) is 0 Å². The lowest BCUT2D eigenvalue weighted by Gasteiger charge is -2.23. The fourth-order valence-electron chi connectivity index (χ4n) is 4.21. The van der Waals surface area contributed by atoms with E-state index in [9.17, 15) is 14.4 Å². The summed E-state index contributed by atoms with van der Waals surface area (Å²) in [5, 5.41) is 3.05. The SMILES string of the molecule is O=C(CCN1C(=O)[C@H]2CCCC[C@H]2C1=O)NC1CCCCC1. The maximum absolute atomic E-state index is 12.3. The summed E-state index contributed by atoms with van der Waals surface area (Å²) in [6, 6.07) is 0.286. The summed E-state index contributed by atoms with van der Waals surface area (Å²) in [6.07, 6.45) is 9.70. The molecule has 5 nitrogen and oxygen atoms in total. The molecular weight excluding hydrogens is 280 g/mol. The number of likely N-dealkylation sites (tertiary alicyclic amines) is 1. The van der Waals surface area contributed by atoms with Crippen molar-refractivity contribution in [3.05, 3.63) is 0 Å². The van der Waals surface area contributed by atoms with Crippen LogP contribution in [0.15, 0.2) is 0 Å². The van der Waals surface area contributed by atoms with E-state index in [1.807, 2.05) is 0 Å². The molecule has 2 saturated carbocycles. The van der Waals surface area contributed by atoms with E-state index in [1.54, 1.807) is 0 Å². The third-order valence-electron chi connectivity index (χ3n) is 5.47. The Labute approximate surface area is 131 Å². The molecule has 1 saturated heterocycles. The summed E-state index contributed by atoms with van der Waals surface area (Å²) < 4.78 is 0. The zero-order valence-electron chi connectivity index (χ0n) is 13.2. The first-order valence-electron chi connectivity index (χ1n) is 8.81. The van der Waals surface area contributed by atoms with Gasteiger partial charge in [-0.05, 0) is 25.7 Å². The van der Waals surface area contributed by atoms with Crippen molar-refractivity contribution in [1.29, 1.82) is 0 Å². The first-order chi connectivity index (χ1) is 10.7. The van der Waals surface area contributed by atoms with E-state index in [4.69, 9.17) is 0 Å². The second kappa shape index (κ2) is 6.80. The van der Waals surface area contributed by atoms with E-state index >= 15 is 0 Å². The molecule has 5 heteroatoms. The van der Waals surface area contributed by atoms with Crippen LogP contribution in [0.4, 0.5) is 0 Å². The zero-order valence-corrected chi connectivity index (χ0v) is 13.2. The number of hydrogen-bond donors (Lipinski definition) is 1. The minimum Gasteiger partial charge on any atom is -0.353 e. The van der Waals surface area contributed by atoms with E-state index in [0.717, 1.165) is 38.5 Å². The molecule has 0 spiro atoms. The number of hydrogen-bond acceptors (Lipinski definition) is 3. The first-order valence-corrected chi connectivity index (χ1v) is 8.81. The van der Waals surface area contributed by atoms with Crippen molar-refractivity contribution in [2.24, 2.45) is 11.8 Å². The fourth-order valence-corrected chi connectivity index (χ4v) is 4.21. The highest BCUT2D eigenvalue weighted by Crippen LogP contribution is 2.37. The molecule has 3 aliphatic rings. The number of fused-ring (bicyclic) bond motifs is 1. The Bertz CT molecular complexity index is 433. The lowest BCUT2D eigenvalue weighted by Crippen LogP contribution is -2.39. The molecule has 0 aromatic rings. The lowest BCUT2D eigenvalue weighted by molar-refractivity contribution is -0.140. The van der Waals surface area contributed by atoms with E-state index in [0.29, 0.717) is 0 Å². The lowest BCUT2D eigenvalue weighted by atomic mass is 9.81. The van der Waals surface area contributed by atoms with Crippen LogP contribution in [-0.2, 0) is 14.4 Å². The van der Waals surface area contributed by atoms with Gasteiger partial charge in [0.05, 0.1) is 11.8 Å². The van der Waals surface area contributed by atoms with Crippen molar-refractivity contribution in [2.75, 3.05) is 6.54 Å². The van der Waals surface area contributed by atoms with Crippen molar-refractivity contribution in [3.63, 3.8) is 0 Å². The van der Waals surface area contributed by atoms with Gasteiger partial charge >= 0.3 is 0 Å². The second-order valence-corrected chi connectivity index (χ2v) is 6.98. The van der Waals surface area contributed by atoms with Crippen LogP contribution in [-0.4, -0.2) is 35.2 Å². The van der Waals surface area contributed by atoms with Crippen LogP contribution in [0, 0.1) is 11.8 Å². The van der Waals surface area contributed by atoms with E-state index in [-0.39, 0.29) is 48.6 Å². The van der Waals surface area contributed by atoms with Crippen molar-refractivity contribution in [2.45, 2.75) is 70.3 Å². The molecule has 0 unspecified atom stereocenters. The molecule has 2 aliphatic carbocycles. The van der Waals surface area contributed by atoms with Crippen molar-refractivity contribution in [3.8, 4) is 0 Å². The second-order valence-electron chi connectivity index (χ2n) is 6.98. The molecule has 1 heterocycles. The molecule has 0 radical (unpaired) electrons. The van der Waals surface area contributed by atoms with Crippen LogP contribution in [0.3, 0.4) is 0 Å². The minimum absolute atomic E-state index is 0.0256. The summed E-state index contributed by atoms with van der Waals surface area (Å²) in [5.74, 6) is -0.326. The molecule has 0 aromatic carbocycles. The number of carbonyl (C=O) groups excluding carboxylic acids is 3. The molecule has 1 aliphatic heterocycles. The normalized spacial score (nSPS) is 29.5. The highest BCUT2D eigenvalue weighted by molar-refractivity contribution is 6.05. The Morgan fingerprint density at radius 3 is 2.05 bits per heavy atom. The number of imide groups is 1. The van der Waals surface area contributed by atoms with Gasteiger partial charge < -0.3 is 5.32 Å². The first kappa shape index (κ1) is 15.5. The maximum Gasteiger partial charge on any atom is 0.233 e. The van der Waals surface area contributed by atoms with Crippen LogP contribution < -0.4 is 5.32 Å². The van der Waals surface area contributed by atoms with Gasteiger partial charge in [-0.15, -0.1) is 0 Å². The molecule has 1 N–H and O–H groups in total. The smallest absolute Gasteiger partial charge is 0.233 e. The summed E-state index contributed by atoms with van der Waals surface area (Å²) in [4.78, 5) is 38.0. The maximum atomic E-state index is 12.3. The van der Waals surface area contributed by atoms with Crippen molar-refractivity contribution >= 4 is 17.7 Å². The van der Waals surface area contributed by atoms with Gasteiger partial charge in [-0.1, -0.05) is 32.1 Å². The predicted molar refractivity (Wildman–Crippen MR) is 81.8 cm³/mol. The number of nitrogens with zero attached hydrogens (tertiary/aromatic N) is 1. The molecule has 2 atom stereocenters. The average molecular weight is 306 g/mol. The summed E-state index contributed by atoms with van der Waals surface area (Å²) in [6.45, 7) is 0.253. The topological polar surface area (TPSA) is 66.5 Å². The fraction of sp³-hybridized carbons (Fsp3) is 0.824. The number of amides is 3. The zero-order chi connectivity index (χ0) is 15.5. The van der Waals surface area contributed by atoms with Gasteiger partial charge in [0.2, 0.25) is 17.7 Å². The Hall–Kier alpha value is -1.39. The number of carbonyl (C=O) groups is 3. The van der Waals surface area contributed by atoms with E-state index < -0.39 is 0 Å². The molecular formula is C17H26N2O3. The average Bonchev–Trinajstić information content (AvgIpc) is 2.78. The highest BCUT2D eigenvalue weighted by Gasteiger charge is 2.47. The van der Waals surface area contributed by atoms with Gasteiger partial charge in [0, 0.05) is 19.0 Å². The molecule has 122 valence electrons. The molecule has 3 rings (SSSR count). The van der Waals surface area contributed by atoms with E-state index in [2.05, 4.69) is 5.32 Å². The van der Waals surface area contributed by atoms with Crippen molar-refractivity contribution in [1.82, 2.24) is 10.2 Å². The molecule has 3 amide bonds. The van der Waals surface area contributed by atoms with Gasteiger partial charge in [0.25, 0.3) is 0 Å². The Balaban J connectivity index is 1.49. The summed E-state index contributed by atoms with van der Waals surface area (Å²) in [7, 11) is 0. The summed E-state index contributed by atoms with van der Waals surface area (Å²) >= 11 is 0. The molecule has 0 bridgehead atoms. The standard InChI is InChI=1S/C17H26N2O3/c20-15(18-12-6-2-1-3-7-12)10-11-19-16(21)13-8-4-5-9-14(13)17(19)22/h12-14H,1-11H2,(H,18,20)/t13-,14+. The number of nitrogens with one attached hydrogen (secondary N) is 1. The monoisotopic (exact) mass is 306 g/mol. The van der Waals surface area contributed by atoms with E-state index in [1.165, 1.54) is 24.2 Å². The molecule has 0 aromatic heterocycles. The van der Waals surface area contributed by atoms with Crippen molar-refractivity contribution < 1.29 is 14.4 Å². The molecule has 22 heavy (non-hydrogen) atoms. The van der Waals surface area contributed by atoms with Crippen LogP contribution in [0.1, 0.15) is 64.2 Å². The van der Waals surface area contributed by atoms with Crippen LogP contribution in [0.5, 0.6) is 0 Å². The van der Waals surface area contributed by atoms with Gasteiger partial charge in [0.1, 0.15) is 0 Å². The Kier molecular flexibility index (Phi) is 4.79. The van der Waals surface area contributed by atoms with Crippen LogP contribution in [0.2, 0.25) is 0 Å². The largest absolute Gasteiger partial charge is 0.353 e. The Morgan fingerprint density at radius 1 is 0.909 bits per heavy atom. The van der Waals surface area contributed by atoms with Gasteiger partial charge in [-0.3, -0.25) is 19.3 Å². The third-order valence-corrected chi connectivity index (χ3v) is 5.47. The minimum atomic E-state index is -0.109. The number of rotatable bonds is 4. The van der Waals surface area contributed by atoms with Crippen LogP contribution >= 0.6 is 0 Å². The quantitative estimate of drug-likeness (QED) is 0.808. The highest BCUT2D eigenvalue weighted by atomic mass is 16.2.